The first kappa shape index (κ1) is 6.12. The van der Waals surface area contributed by atoms with Gasteiger partial charge in [0.25, 0.3) is 0 Å². The molecule has 0 aromatic heterocycles. The van der Waals surface area contributed by atoms with Crippen molar-refractivity contribution in [1.82, 2.24) is 0 Å². The average molecular weight is 112 g/mol. The Morgan fingerprint density at radius 2 is 2.12 bits per heavy atom. The van der Waals surface area contributed by atoms with Gasteiger partial charge in [-0.2, -0.15) is 0 Å². The van der Waals surface area contributed by atoms with Crippen molar-refractivity contribution in [3.05, 3.63) is 0 Å². The zero-order chi connectivity index (χ0) is 5.98. The molecular formula is C8H16. The fourth-order valence-corrected chi connectivity index (χ4v) is 1.54. The normalized spacial score (nSPS) is 36.8. The molecule has 0 radical (unpaired) electrons. The van der Waals surface area contributed by atoms with E-state index in [-0.39, 0.29) is 0 Å². The monoisotopic (exact) mass is 112 g/mol. The summed E-state index contributed by atoms with van der Waals surface area (Å²) in [5, 5.41) is 0. The highest BCUT2D eigenvalue weighted by Gasteiger charge is 2.24. The molecule has 0 saturated heterocycles. The van der Waals surface area contributed by atoms with Crippen LogP contribution in [0.5, 0.6) is 0 Å². The van der Waals surface area contributed by atoms with E-state index >= 15 is 0 Å². The smallest absolute Gasteiger partial charge is 0.0388 e. The van der Waals surface area contributed by atoms with Crippen molar-refractivity contribution < 1.29 is 0 Å². The molecule has 0 unspecified atom stereocenters. The number of hydrogen-bond acceptors (Lipinski definition) is 0. The van der Waals surface area contributed by atoms with E-state index < -0.39 is 0 Å². The van der Waals surface area contributed by atoms with Crippen LogP contribution in [0.3, 0.4) is 0 Å². The van der Waals surface area contributed by atoms with Crippen LogP contribution in [-0.2, 0) is 0 Å². The standard InChI is InChI=1S/C8H16/c1-3-4-8-6-5-7(8)2/h7-8H,3-6H2,1-2H3/t7-,8+/m1/s1. The predicted octanol–water partition coefficient (Wildman–Crippen LogP) is 2.83. The van der Waals surface area contributed by atoms with Crippen LogP contribution in [0.4, 0.5) is 0 Å². The lowest BCUT2D eigenvalue weighted by atomic mass is 9.73. The first-order chi connectivity index (χ1) is 3.84. The molecule has 0 aromatic carbocycles. The third-order valence-electron chi connectivity index (χ3n) is 2.46. The van der Waals surface area contributed by atoms with Gasteiger partial charge in [0.15, 0.2) is 0 Å². The van der Waals surface area contributed by atoms with Crippen molar-refractivity contribution in [1.29, 1.82) is 0 Å². The first-order valence-corrected chi connectivity index (χ1v) is 3.84. The molecule has 2 atom stereocenters. The van der Waals surface area contributed by atoms with Gasteiger partial charge in [-0.15, -0.1) is 0 Å². The lowest BCUT2D eigenvalue weighted by molar-refractivity contribution is 0.182. The van der Waals surface area contributed by atoms with Crippen molar-refractivity contribution >= 4 is 0 Å². The maximum absolute atomic E-state index is 2.38. The quantitative estimate of drug-likeness (QED) is 0.515. The van der Waals surface area contributed by atoms with Crippen LogP contribution in [0.25, 0.3) is 0 Å². The van der Waals surface area contributed by atoms with Gasteiger partial charge >= 0.3 is 0 Å². The summed E-state index contributed by atoms with van der Waals surface area (Å²) in [6, 6.07) is 0. The lowest BCUT2D eigenvalue weighted by Gasteiger charge is -2.33. The maximum Gasteiger partial charge on any atom is -0.0388 e. The molecular weight excluding hydrogens is 96.1 g/mol. The second-order valence-corrected chi connectivity index (χ2v) is 3.10. The first-order valence-electron chi connectivity index (χ1n) is 3.84. The Balaban J connectivity index is 2.08. The minimum absolute atomic E-state index is 1.05. The van der Waals surface area contributed by atoms with E-state index in [0.29, 0.717) is 0 Å². The maximum atomic E-state index is 2.38. The fourth-order valence-electron chi connectivity index (χ4n) is 1.54. The molecule has 0 spiro atoms. The van der Waals surface area contributed by atoms with Crippen LogP contribution in [-0.4, -0.2) is 0 Å². The third-order valence-corrected chi connectivity index (χ3v) is 2.46. The van der Waals surface area contributed by atoms with Crippen molar-refractivity contribution in [2.45, 2.75) is 39.5 Å². The van der Waals surface area contributed by atoms with Crippen LogP contribution in [0.2, 0.25) is 0 Å². The molecule has 0 aromatic rings. The summed E-state index contributed by atoms with van der Waals surface area (Å²) in [7, 11) is 0. The summed E-state index contributed by atoms with van der Waals surface area (Å²) in [5.41, 5.74) is 0. The van der Waals surface area contributed by atoms with Crippen LogP contribution >= 0.6 is 0 Å². The molecule has 8 heavy (non-hydrogen) atoms. The predicted molar refractivity (Wildman–Crippen MR) is 36.8 cm³/mol. The molecule has 0 heteroatoms. The molecule has 0 bridgehead atoms. The van der Waals surface area contributed by atoms with Crippen molar-refractivity contribution in [2.24, 2.45) is 11.8 Å². The van der Waals surface area contributed by atoms with Gasteiger partial charge in [-0.1, -0.05) is 33.1 Å². The minimum Gasteiger partial charge on any atom is -0.0654 e. The highest BCUT2D eigenvalue weighted by Crippen LogP contribution is 2.36. The van der Waals surface area contributed by atoms with E-state index in [2.05, 4.69) is 13.8 Å². The zero-order valence-corrected chi connectivity index (χ0v) is 5.98. The van der Waals surface area contributed by atoms with E-state index in [1.807, 2.05) is 0 Å². The van der Waals surface area contributed by atoms with Gasteiger partial charge in [0, 0.05) is 0 Å². The van der Waals surface area contributed by atoms with E-state index in [0.717, 1.165) is 11.8 Å². The van der Waals surface area contributed by atoms with Crippen molar-refractivity contribution in [2.75, 3.05) is 0 Å². The molecule has 1 aliphatic rings. The fraction of sp³-hybridized carbons (Fsp3) is 1.00. The molecule has 1 rings (SSSR count). The van der Waals surface area contributed by atoms with Gasteiger partial charge in [0.05, 0.1) is 0 Å². The molecule has 1 saturated carbocycles. The van der Waals surface area contributed by atoms with E-state index in [1.54, 1.807) is 0 Å². The van der Waals surface area contributed by atoms with E-state index in [4.69, 9.17) is 0 Å². The Labute approximate surface area is 52.3 Å². The van der Waals surface area contributed by atoms with Gasteiger partial charge < -0.3 is 0 Å². The van der Waals surface area contributed by atoms with E-state index in [1.165, 1.54) is 25.7 Å². The van der Waals surface area contributed by atoms with Gasteiger partial charge in [-0.05, 0) is 18.3 Å². The molecule has 0 heterocycles. The number of hydrogen-bond donors (Lipinski definition) is 0. The Morgan fingerprint density at radius 3 is 2.25 bits per heavy atom. The Bertz CT molecular complexity index is 66.4. The van der Waals surface area contributed by atoms with Crippen LogP contribution in [0.15, 0.2) is 0 Å². The highest BCUT2D eigenvalue weighted by atomic mass is 14.3. The third kappa shape index (κ3) is 1.04. The Kier molecular flexibility index (Phi) is 1.93. The van der Waals surface area contributed by atoms with Gasteiger partial charge in [-0.25, -0.2) is 0 Å². The summed E-state index contributed by atoms with van der Waals surface area (Å²) in [6.45, 7) is 4.66. The SMILES string of the molecule is CCC[C@H]1CC[C@H]1C. The summed E-state index contributed by atoms with van der Waals surface area (Å²) >= 11 is 0. The van der Waals surface area contributed by atoms with Gasteiger partial charge in [0.1, 0.15) is 0 Å². The second-order valence-electron chi connectivity index (χ2n) is 3.10. The van der Waals surface area contributed by atoms with Crippen LogP contribution in [0.1, 0.15) is 39.5 Å². The van der Waals surface area contributed by atoms with Crippen LogP contribution < -0.4 is 0 Å². The van der Waals surface area contributed by atoms with Gasteiger partial charge in [-0.3, -0.25) is 0 Å². The highest BCUT2D eigenvalue weighted by molar-refractivity contribution is 4.76. The summed E-state index contributed by atoms with van der Waals surface area (Å²) in [4.78, 5) is 0. The molecule has 1 fully saturated rings. The van der Waals surface area contributed by atoms with Crippen molar-refractivity contribution in [3.8, 4) is 0 Å². The molecule has 0 nitrogen and oxygen atoms in total. The Morgan fingerprint density at radius 1 is 1.38 bits per heavy atom. The molecule has 1 aliphatic carbocycles. The summed E-state index contributed by atoms with van der Waals surface area (Å²) < 4.78 is 0. The summed E-state index contributed by atoms with van der Waals surface area (Å²) in [6.07, 6.45) is 5.86. The molecule has 0 aliphatic heterocycles. The van der Waals surface area contributed by atoms with Crippen LogP contribution in [0, 0.1) is 11.8 Å². The zero-order valence-electron chi connectivity index (χ0n) is 5.98. The Hall–Kier alpha value is 0. The van der Waals surface area contributed by atoms with Crippen molar-refractivity contribution in [3.63, 3.8) is 0 Å². The topological polar surface area (TPSA) is 0 Å². The number of rotatable bonds is 2. The second kappa shape index (κ2) is 2.52. The minimum atomic E-state index is 1.05. The molecule has 0 amide bonds. The largest absolute Gasteiger partial charge is 0.0654 e. The lowest BCUT2D eigenvalue weighted by Crippen LogP contribution is -2.22. The van der Waals surface area contributed by atoms with E-state index in [9.17, 15) is 0 Å². The summed E-state index contributed by atoms with van der Waals surface area (Å²) in [5.74, 6) is 2.15. The molecule has 0 N–H and O–H groups in total. The average Bonchev–Trinajstić information content (AvgIpc) is 1.79. The molecule has 48 valence electrons. The van der Waals surface area contributed by atoms with Gasteiger partial charge in [0.2, 0.25) is 0 Å².